The zero-order valence-corrected chi connectivity index (χ0v) is 13.6. The Morgan fingerprint density at radius 1 is 1.35 bits per heavy atom. The topological polar surface area (TPSA) is 78.3 Å². The van der Waals surface area contributed by atoms with E-state index in [1.54, 1.807) is 0 Å². The Kier molecular flexibility index (Phi) is 3.85. The van der Waals surface area contributed by atoms with Crippen molar-refractivity contribution in [1.82, 2.24) is 20.3 Å². The van der Waals surface area contributed by atoms with E-state index in [9.17, 15) is 4.79 Å². The fourth-order valence-electron chi connectivity index (χ4n) is 3.46. The van der Waals surface area contributed by atoms with Gasteiger partial charge in [0.25, 0.3) is 0 Å². The highest BCUT2D eigenvalue weighted by Gasteiger charge is 2.50. The summed E-state index contributed by atoms with van der Waals surface area (Å²) in [5.74, 6) is 0.906. The molecule has 23 heavy (non-hydrogen) atoms. The fourth-order valence-corrected chi connectivity index (χ4v) is 3.46. The number of fused-ring (bicyclic) bond motifs is 1. The normalized spacial score (nSPS) is 33.2. The molecule has 0 aromatic carbocycles. The van der Waals surface area contributed by atoms with Gasteiger partial charge in [-0.1, -0.05) is 19.1 Å². The number of nitrogens with zero attached hydrogens (tertiary/aromatic N) is 3. The van der Waals surface area contributed by atoms with Crippen LogP contribution in [0.2, 0.25) is 0 Å². The zero-order valence-electron chi connectivity index (χ0n) is 13.6. The van der Waals surface area contributed by atoms with Crippen molar-refractivity contribution in [2.24, 2.45) is 11.8 Å². The Labute approximate surface area is 135 Å². The molecule has 1 aromatic heterocycles. The smallest absolute Gasteiger partial charge is 0.223 e. The van der Waals surface area contributed by atoms with Crippen LogP contribution in [0.15, 0.2) is 6.20 Å². The molecule has 2 saturated heterocycles. The molecule has 0 bridgehead atoms. The van der Waals surface area contributed by atoms with Crippen molar-refractivity contribution in [1.29, 1.82) is 0 Å². The number of carbonyl (C=O) groups is 1. The van der Waals surface area contributed by atoms with Crippen LogP contribution in [-0.4, -0.2) is 52.4 Å². The third-order valence-electron chi connectivity index (χ3n) is 4.82. The number of hydrogen-bond donors (Lipinski definition) is 1. The summed E-state index contributed by atoms with van der Waals surface area (Å²) in [4.78, 5) is 12.0. The van der Waals surface area contributed by atoms with E-state index in [-0.39, 0.29) is 36.1 Å². The van der Waals surface area contributed by atoms with Crippen LogP contribution in [0.4, 0.5) is 0 Å². The molecule has 1 N–H and O–H groups in total. The second kappa shape index (κ2) is 5.87. The molecule has 1 amide bonds. The van der Waals surface area contributed by atoms with Crippen molar-refractivity contribution in [3.63, 3.8) is 0 Å². The number of ether oxygens (including phenoxy) is 2. The lowest BCUT2D eigenvalue weighted by molar-refractivity contribution is -0.123. The summed E-state index contributed by atoms with van der Waals surface area (Å²) < 4.78 is 13.7. The van der Waals surface area contributed by atoms with Crippen molar-refractivity contribution in [3.05, 3.63) is 11.9 Å². The third-order valence-corrected chi connectivity index (χ3v) is 4.82. The Bertz CT molecular complexity index is 584. The maximum atomic E-state index is 12.0. The lowest BCUT2D eigenvalue weighted by Crippen LogP contribution is -2.44. The maximum absolute atomic E-state index is 12.0. The molecule has 4 atom stereocenters. The molecular weight excluding hydrogens is 296 g/mol. The van der Waals surface area contributed by atoms with Crippen LogP contribution in [0.25, 0.3) is 0 Å². The molecule has 7 nitrogen and oxygen atoms in total. The largest absolute Gasteiger partial charge is 0.371 e. The predicted molar refractivity (Wildman–Crippen MR) is 81.7 cm³/mol. The summed E-state index contributed by atoms with van der Waals surface area (Å²) in [5.41, 5.74) is 1.00. The monoisotopic (exact) mass is 320 g/mol. The molecule has 4 rings (SSSR count). The first-order chi connectivity index (χ1) is 11.1. The average Bonchev–Trinajstić information content (AvgIpc) is 2.93. The van der Waals surface area contributed by atoms with Gasteiger partial charge in [-0.15, -0.1) is 5.10 Å². The summed E-state index contributed by atoms with van der Waals surface area (Å²) >= 11 is 0. The predicted octanol–water partition coefficient (Wildman–Crippen LogP) is 0.710. The van der Waals surface area contributed by atoms with Crippen LogP contribution in [0, 0.1) is 11.8 Å². The van der Waals surface area contributed by atoms with Crippen LogP contribution in [-0.2, 0) is 20.7 Å². The van der Waals surface area contributed by atoms with Gasteiger partial charge in [0.05, 0.1) is 24.9 Å². The highest BCUT2D eigenvalue weighted by atomic mass is 16.6. The first kappa shape index (κ1) is 15.1. The number of aromatic nitrogens is 3. The molecule has 1 aromatic rings. The molecule has 1 saturated carbocycles. The first-order valence-corrected chi connectivity index (χ1v) is 8.56. The Morgan fingerprint density at radius 2 is 2.13 bits per heavy atom. The van der Waals surface area contributed by atoms with Gasteiger partial charge in [-0.2, -0.15) is 0 Å². The van der Waals surface area contributed by atoms with Crippen LogP contribution >= 0.6 is 0 Å². The van der Waals surface area contributed by atoms with E-state index < -0.39 is 0 Å². The van der Waals surface area contributed by atoms with Crippen LogP contribution in [0.3, 0.4) is 0 Å². The van der Waals surface area contributed by atoms with Crippen molar-refractivity contribution >= 4 is 5.91 Å². The second-order valence-corrected chi connectivity index (χ2v) is 7.34. The van der Waals surface area contributed by atoms with Crippen molar-refractivity contribution in [3.8, 4) is 0 Å². The van der Waals surface area contributed by atoms with Crippen LogP contribution in [0.1, 0.15) is 38.4 Å². The van der Waals surface area contributed by atoms with E-state index in [1.807, 2.05) is 10.9 Å². The van der Waals surface area contributed by atoms with E-state index in [0.717, 1.165) is 25.0 Å². The van der Waals surface area contributed by atoms with E-state index >= 15 is 0 Å². The standard InChI is InChI=1S/C16H24N4O3/c1-9(2)5-11-6-20(19-18-11)13-8-23-14-12(7-22-15(13)14)17-16(21)10-3-4-10/h6,9-10,12-15H,3-5,7-8H2,1-2H3,(H,17,21)/t12-,13-,14+,15+/m0/s1. The lowest BCUT2D eigenvalue weighted by Gasteiger charge is -2.17. The first-order valence-electron chi connectivity index (χ1n) is 8.56. The summed E-state index contributed by atoms with van der Waals surface area (Å²) in [6.45, 7) is 5.40. The second-order valence-electron chi connectivity index (χ2n) is 7.34. The fraction of sp³-hybridized carbons (Fsp3) is 0.812. The minimum atomic E-state index is -0.0829. The van der Waals surface area contributed by atoms with E-state index in [2.05, 4.69) is 29.5 Å². The molecule has 2 aliphatic heterocycles. The number of amides is 1. The zero-order chi connectivity index (χ0) is 16.0. The number of rotatable bonds is 5. The van der Waals surface area contributed by atoms with E-state index in [1.165, 1.54) is 0 Å². The minimum absolute atomic E-state index is 0.0382. The van der Waals surface area contributed by atoms with Gasteiger partial charge in [-0.05, 0) is 25.2 Å². The van der Waals surface area contributed by atoms with Crippen LogP contribution < -0.4 is 5.32 Å². The summed E-state index contributed by atoms with van der Waals surface area (Å²) in [6.07, 6.45) is 4.79. The van der Waals surface area contributed by atoms with Gasteiger partial charge in [0.1, 0.15) is 18.2 Å². The Balaban J connectivity index is 1.40. The summed E-state index contributed by atoms with van der Waals surface area (Å²) in [5, 5.41) is 11.6. The van der Waals surface area contributed by atoms with Crippen molar-refractivity contribution in [2.45, 2.75) is 57.4 Å². The molecule has 1 aliphatic carbocycles. The van der Waals surface area contributed by atoms with E-state index in [0.29, 0.717) is 19.1 Å². The molecule has 0 spiro atoms. The lowest BCUT2D eigenvalue weighted by atomic mass is 10.1. The Hall–Kier alpha value is -1.47. The van der Waals surface area contributed by atoms with Gasteiger partial charge in [0.2, 0.25) is 5.91 Å². The molecule has 3 fully saturated rings. The molecule has 3 aliphatic rings. The highest BCUT2D eigenvalue weighted by molar-refractivity contribution is 5.81. The van der Waals surface area contributed by atoms with Crippen molar-refractivity contribution < 1.29 is 14.3 Å². The van der Waals surface area contributed by atoms with Gasteiger partial charge < -0.3 is 14.8 Å². The van der Waals surface area contributed by atoms with Gasteiger partial charge >= 0.3 is 0 Å². The molecule has 0 unspecified atom stereocenters. The van der Waals surface area contributed by atoms with Gasteiger partial charge in [-0.25, -0.2) is 4.68 Å². The summed E-state index contributed by atoms with van der Waals surface area (Å²) in [6, 6.07) is -0.00649. The van der Waals surface area contributed by atoms with E-state index in [4.69, 9.17) is 9.47 Å². The molecule has 126 valence electrons. The summed E-state index contributed by atoms with van der Waals surface area (Å²) in [7, 11) is 0. The molecule has 3 heterocycles. The molecule has 0 radical (unpaired) electrons. The average molecular weight is 320 g/mol. The number of carbonyl (C=O) groups excluding carboxylic acids is 1. The Morgan fingerprint density at radius 3 is 2.87 bits per heavy atom. The molecule has 7 heteroatoms. The number of nitrogens with one attached hydrogen (secondary N) is 1. The minimum Gasteiger partial charge on any atom is -0.371 e. The van der Waals surface area contributed by atoms with Crippen LogP contribution in [0.5, 0.6) is 0 Å². The quantitative estimate of drug-likeness (QED) is 0.864. The SMILES string of the molecule is CC(C)Cc1cn([C@H]2CO[C@H]3[C@@H]2OC[C@@H]3NC(=O)C2CC2)nn1. The van der Waals surface area contributed by atoms with Crippen molar-refractivity contribution in [2.75, 3.05) is 13.2 Å². The van der Waals surface area contributed by atoms with Gasteiger partial charge in [0.15, 0.2) is 0 Å². The number of hydrogen-bond acceptors (Lipinski definition) is 5. The maximum Gasteiger partial charge on any atom is 0.223 e. The third kappa shape index (κ3) is 2.99. The van der Waals surface area contributed by atoms with Gasteiger partial charge in [0, 0.05) is 12.1 Å². The highest BCUT2D eigenvalue weighted by Crippen LogP contribution is 2.35. The molecular formula is C16H24N4O3. The van der Waals surface area contributed by atoms with Gasteiger partial charge in [-0.3, -0.25) is 4.79 Å².